The molecule has 0 aliphatic rings. The van der Waals surface area contributed by atoms with Gasteiger partial charge in [0.2, 0.25) is 0 Å². The largest absolute Gasteiger partial charge is 0.497 e. The van der Waals surface area contributed by atoms with Gasteiger partial charge in [-0.1, -0.05) is 6.07 Å². The molecule has 0 amide bonds. The van der Waals surface area contributed by atoms with Gasteiger partial charge in [-0.25, -0.2) is 4.79 Å². The molecular formula is C13H12O3S. The molecule has 0 unspecified atom stereocenters. The zero-order valence-electron chi connectivity index (χ0n) is 9.56. The van der Waals surface area contributed by atoms with E-state index < -0.39 is 5.97 Å². The molecule has 0 aliphatic carbocycles. The van der Waals surface area contributed by atoms with Crippen molar-refractivity contribution in [3.05, 3.63) is 40.1 Å². The summed E-state index contributed by atoms with van der Waals surface area (Å²) in [5.74, 6) is -0.108. The topological polar surface area (TPSA) is 46.5 Å². The SMILES string of the molecule is COc1ccc(-c2ccsc2C(=O)O)c(C)c1. The Morgan fingerprint density at radius 2 is 2.06 bits per heavy atom. The van der Waals surface area contributed by atoms with Crippen LogP contribution in [0, 0.1) is 6.92 Å². The number of carboxylic acid groups (broad SMARTS) is 1. The number of methoxy groups -OCH3 is 1. The summed E-state index contributed by atoms with van der Waals surface area (Å²) in [7, 11) is 1.61. The molecule has 4 heteroatoms. The summed E-state index contributed by atoms with van der Waals surface area (Å²) < 4.78 is 5.13. The monoisotopic (exact) mass is 248 g/mol. The van der Waals surface area contributed by atoms with Gasteiger partial charge < -0.3 is 9.84 Å². The van der Waals surface area contributed by atoms with Crippen molar-refractivity contribution in [3.63, 3.8) is 0 Å². The molecule has 3 nitrogen and oxygen atoms in total. The number of carboxylic acids is 1. The summed E-state index contributed by atoms with van der Waals surface area (Å²) in [6.07, 6.45) is 0. The van der Waals surface area contributed by atoms with Gasteiger partial charge in [-0.05, 0) is 41.6 Å². The Kier molecular flexibility index (Phi) is 3.15. The highest BCUT2D eigenvalue weighted by Crippen LogP contribution is 2.32. The molecule has 0 radical (unpaired) electrons. The van der Waals surface area contributed by atoms with Crippen LogP contribution in [0.5, 0.6) is 5.75 Å². The normalized spacial score (nSPS) is 10.2. The first-order valence-corrected chi connectivity index (χ1v) is 5.97. The van der Waals surface area contributed by atoms with E-state index in [1.54, 1.807) is 12.5 Å². The number of aryl methyl sites for hydroxylation is 1. The van der Waals surface area contributed by atoms with E-state index in [2.05, 4.69) is 0 Å². The maximum atomic E-state index is 11.1. The van der Waals surface area contributed by atoms with Crippen LogP contribution in [0.25, 0.3) is 11.1 Å². The van der Waals surface area contributed by atoms with E-state index in [1.807, 2.05) is 31.2 Å². The van der Waals surface area contributed by atoms with Crippen LogP contribution in [0.2, 0.25) is 0 Å². The maximum Gasteiger partial charge on any atom is 0.346 e. The fraction of sp³-hybridized carbons (Fsp3) is 0.154. The molecule has 1 N–H and O–H groups in total. The van der Waals surface area contributed by atoms with E-state index in [0.29, 0.717) is 4.88 Å². The quantitative estimate of drug-likeness (QED) is 0.905. The van der Waals surface area contributed by atoms with E-state index in [4.69, 9.17) is 9.84 Å². The molecule has 17 heavy (non-hydrogen) atoms. The summed E-state index contributed by atoms with van der Waals surface area (Å²) in [6, 6.07) is 7.47. The Morgan fingerprint density at radius 1 is 1.29 bits per heavy atom. The zero-order valence-corrected chi connectivity index (χ0v) is 10.4. The van der Waals surface area contributed by atoms with Crippen molar-refractivity contribution in [1.82, 2.24) is 0 Å². The number of benzene rings is 1. The smallest absolute Gasteiger partial charge is 0.346 e. The number of carbonyl (C=O) groups is 1. The highest BCUT2D eigenvalue weighted by atomic mass is 32.1. The number of thiophene rings is 1. The van der Waals surface area contributed by atoms with Gasteiger partial charge in [0.15, 0.2) is 0 Å². The highest BCUT2D eigenvalue weighted by molar-refractivity contribution is 7.12. The van der Waals surface area contributed by atoms with Gasteiger partial charge in [-0.2, -0.15) is 0 Å². The minimum atomic E-state index is -0.884. The lowest BCUT2D eigenvalue weighted by atomic mass is 10.0. The highest BCUT2D eigenvalue weighted by Gasteiger charge is 2.14. The third kappa shape index (κ3) is 2.17. The van der Waals surface area contributed by atoms with Gasteiger partial charge in [0, 0.05) is 5.56 Å². The van der Waals surface area contributed by atoms with Crippen LogP contribution in [0.4, 0.5) is 0 Å². The Hall–Kier alpha value is -1.81. The zero-order chi connectivity index (χ0) is 12.4. The van der Waals surface area contributed by atoms with Crippen LogP contribution in [-0.4, -0.2) is 18.2 Å². The maximum absolute atomic E-state index is 11.1. The van der Waals surface area contributed by atoms with E-state index in [1.165, 1.54) is 11.3 Å². The van der Waals surface area contributed by atoms with Crippen LogP contribution in [0.15, 0.2) is 29.6 Å². The molecule has 0 saturated heterocycles. The van der Waals surface area contributed by atoms with Crippen molar-refractivity contribution in [2.45, 2.75) is 6.92 Å². The van der Waals surface area contributed by atoms with Gasteiger partial charge in [0.25, 0.3) is 0 Å². The van der Waals surface area contributed by atoms with Crippen molar-refractivity contribution < 1.29 is 14.6 Å². The Bertz CT molecular complexity index is 558. The first-order chi connectivity index (χ1) is 8.13. The molecular weight excluding hydrogens is 236 g/mol. The van der Waals surface area contributed by atoms with Crippen LogP contribution < -0.4 is 4.74 Å². The standard InChI is InChI=1S/C13H12O3S/c1-8-7-9(16-2)3-4-10(8)11-5-6-17-12(11)13(14)15/h3-7H,1-2H3,(H,14,15). The summed E-state index contributed by atoms with van der Waals surface area (Å²) in [5.41, 5.74) is 2.71. The lowest BCUT2D eigenvalue weighted by Gasteiger charge is -2.07. The van der Waals surface area contributed by atoms with Crippen LogP contribution in [-0.2, 0) is 0 Å². The molecule has 2 aromatic rings. The Labute approximate surface area is 103 Å². The van der Waals surface area contributed by atoms with Crippen molar-refractivity contribution in [2.75, 3.05) is 7.11 Å². The van der Waals surface area contributed by atoms with E-state index >= 15 is 0 Å². The molecule has 0 fully saturated rings. The second-order valence-electron chi connectivity index (χ2n) is 3.65. The van der Waals surface area contributed by atoms with Crippen molar-refractivity contribution in [3.8, 4) is 16.9 Å². The Morgan fingerprint density at radius 3 is 2.65 bits per heavy atom. The fourth-order valence-corrected chi connectivity index (χ4v) is 2.50. The predicted molar refractivity (Wildman–Crippen MR) is 68.0 cm³/mol. The molecule has 0 aliphatic heterocycles. The number of aromatic carboxylic acids is 1. The third-order valence-corrected chi connectivity index (χ3v) is 3.49. The molecule has 88 valence electrons. The van der Waals surface area contributed by atoms with Gasteiger partial charge in [0.05, 0.1) is 7.11 Å². The van der Waals surface area contributed by atoms with Crippen molar-refractivity contribution in [2.24, 2.45) is 0 Å². The minimum absolute atomic E-state index is 0.373. The van der Waals surface area contributed by atoms with Crippen LogP contribution in [0.3, 0.4) is 0 Å². The van der Waals surface area contributed by atoms with Crippen molar-refractivity contribution >= 4 is 17.3 Å². The predicted octanol–water partition coefficient (Wildman–Crippen LogP) is 3.43. The van der Waals surface area contributed by atoms with Gasteiger partial charge >= 0.3 is 5.97 Å². The van der Waals surface area contributed by atoms with Crippen LogP contribution >= 0.6 is 11.3 Å². The molecule has 1 aromatic heterocycles. The summed E-state index contributed by atoms with van der Waals surface area (Å²) in [4.78, 5) is 11.4. The third-order valence-electron chi connectivity index (χ3n) is 2.58. The average Bonchev–Trinajstić information content (AvgIpc) is 2.77. The van der Waals surface area contributed by atoms with Gasteiger partial charge in [-0.3, -0.25) is 0 Å². The van der Waals surface area contributed by atoms with Gasteiger partial charge in [-0.15, -0.1) is 11.3 Å². The molecule has 1 aromatic carbocycles. The molecule has 1 heterocycles. The first-order valence-electron chi connectivity index (χ1n) is 5.09. The van der Waals surface area contributed by atoms with E-state index in [0.717, 1.165) is 22.4 Å². The van der Waals surface area contributed by atoms with E-state index in [9.17, 15) is 4.79 Å². The molecule has 0 atom stereocenters. The van der Waals surface area contributed by atoms with Gasteiger partial charge in [0.1, 0.15) is 10.6 Å². The number of hydrogen-bond donors (Lipinski definition) is 1. The first kappa shape index (κ1) is 11.7. The average molecular weight is 248 g/mol. The second-order valence-corrected chi connectivity index (χ2v) is 4.57. The number of hydrogen-bond acceptors (Lipinski definition) is 3. The molecule has 0 saturated carbocycles. The second kappa shape index (κ2) is 4.59. The summed E-state index contributed by atoms with van der Waals surface area (Å²) in [6.45, 7) is 1.95. The van der Waals surface area contributed by atoms with Crippen LogP contribution in [0.1, 0.15) is 15.2 Å². The lowest BCUT2D eigenvalue weighted by Crippen LogP contribution is -1.95. The summed E-state index contributed by atoms with van der Waals surface area (Å²) in [5, 5.41) is 10.9. The van der Waals surface area contributed by atoms with Crippen molar-refractivity contribution in [1.29, 1.82) is 0 Å². The number of ether oxygens (including phenoxy) is 1. The minimum Gasteiger partial charge on any atom is -0.497 e. The molecule has 0 spiro atoms. The lowest BCUT2D eigenvalue weighted by molar-refractivity contribution is 0.0703. The number of rotatable bonds is 3. The fourth-order valence-electron chi connectivity index (χ4n) is 1.75. The van der Waals surface area contributed by atoms with E-state index in [-0.39, 0.29) is 0 Å². The molecule has 0 bridgehead atoms. The Balaban J connectivity index is 2.53. The summed E-state index contributed by atoms with van der Waals surface area (Å²) >= 11 is 1.24. The molecule has 2 rings (SSSR count).